The molecule has 3 aromatic rings. The molecule has 0 atom stereocenters. The number of nitro benzene ring substituents is 1. The largest absolute Gasteiger partial charge is 0.490 e. The second kappa shape index (κ2) is 10.5. The second-order valence-electron chi connectivity index (χ2n) is 6.62. The Balaban J connectivity index is 1.57. The van der Waals surface area contributed by atoms with Crippen LogP contribution in [0, 0.1) is 10.1 Å². The van der Waals surface area contributed by atoms with E-state index < -0.39 is 4.92 Å². The minimum absolute atomic E-state index is 0.0742. The van der Waals surface area contributed by atoms with E-state index in [0.717, 1.165) is 23.2 Å². The third kappa shape index (κ3) is 5.84. The highest BCUT2D eigenvalue weighted by Gasteiger charge is 2.15. The normalized spacial score (nSPS) is 10.4. The Bertz CT molecular complexity index is 1020. The van der Waals surface area contributed by atoms with Crippen molar-refractivity contribution in [3.05, 3.63) is 99.6 Å². The number of ether oxygens (including phenoxy) is 1. The summed E-state index contributed by atoms with van der Waals surface area (Å²) in [6.45, 7) is 0. The number of rotatable bonds is 9. The Hall–Kier alpha value is -3.32. The molecule has 0 spiro atoms. The molecule has 3 aromatic carbocycles. The highest BCUT2D eigenvalue weighted by atomic mass is 32.2. The van der Waals surface area contributed by atoms with Crippen LogP contribution in [-0.4, -0.2) is 23.7 Å². The number of amides is 1. The van der Waals surface area contributed by atoms with Crippen LogP contribution >= 0.6 is 11.8 Å². The van der Waals surface area contributed by atoms with Crippen LogP contribution in [0.5, 0.6) is 5.75 Å². The van der Waals surface area contributed by atoms with Crippen molar-refractivity contribution in [3.8, 4) is 5.75 Å². The quantitative estimate of drug-likeness (QED) is 0.385. The van der Waals surface area contributed by atoms with Crippen LogP contribution < -0.4 is 10.1 Å². The molecule has 0 heterocycles. The third-order valence-corrected chi connectivity index (χ3v) is 5.47. The molecule has 1 N–H and O–H groups in total. The zero-order valence-corrected chi connectivity index (χ0v) is 17.4. The van der Waals surface area contributed by atoms with Crippen molar-refractivity contribution < 1.29 is 14.5 Å². The summed E-state index contributed by atoms with van der Waals surface area (Å²) in [6, 6.07) is 22.7. The molecule has 1 amide bonds. The van der Waals surface area contributed by atoms with E-state index in [1.54, 1.807) is 12.1 Å². The molecule has 0 saturated carbocycles. The maximum Gasteiger partial charge on any atom is 0.311 e. The van der Waals surface area contributed by atoms with Gasteiger partial charge < -0.3 is 10.1 Å². The second-order valence-corrected chi connectivity index (χ2v) is 7.61. The molecule has 0 bridgehead atoms. The summed E-state index contributed by atoms with van der Waals surface area (Å²) in [5.41, 5.74) is 3.72. The monoisotopic (exact) mass is 422 g/mol. The van der Waals surface area contributed by atoms with Crippen LogP contribution in [0.15, 0.2) is 72.8 Å². The van der Waals surface area contributed by atoms with E-state index in [4.69, 9.17) is 4.74 Å². The minimum Gasteiger partial charge on any atom is -0.490 e. The Kier molecular flexibility index (Phi) is 7.45. The van der Waals surface area contributed by atoms with Crippen LogP contribution in [0.25, 0.3) is 0 Å². The lowest BCUT2D eigenvalue weighted by molar-refractivity contribution is -0.385. The van der Waals surface area contributed by atoms with E-state index in [9.17, 15) is 14.9 Å². The summed E-state index contributed by atoms with van der Waals surface area (Å²) >= 11 is 1.40. The number of carbonyl (C=O) groups excluding carboxylic acids is 1. The van der Waals surface area contributed by atoms with E-state index in [2.05, 4.69) is 17.4 Å². The van der Waals surface area contributed by atoms with Gasteiger partial charge in [0.05, 0.1) is 17.8 Å². The standard InChI is InChI=1S/C23H22N2O4S/c1-29-22-12-11-18(14-21(22)25(27)28)15-30-16-23(26)24-20-10-6-5-9-19(20)13-17-7-3-2-4-8-17/h2-12,14H,13,15-16H2,1H3,(H,24,26). The van der Waals surface area contributed by atoms with Crippen molar-refractivity contribution in [2.75, 3.05) is 18.2 Å². The third-order valence-electron chi connectivity index (χ3n) is 4.47. The number of carbonyl (C=O) groups is 1. The number of hydrogen-bond donors (Lipinski definition) is 1. The number of methoxy groups -OCH3 is 1. The van der Waals surface area contributed by atoms with Crippen molar-refractivity contribution in [3.63, 3.8) is 0 Å². The van der Waals surface area contributed by atoms with Gasteiger partial charge in [0.25, 0.3) is 0 Å². The topological polar surface area (TPSA) is 81.5 Å². The molecule has 3 rings (SSSR count). The van der Waals surface area contributed by atoms with Crippen LogP contribution in [0.1, 0.15) is 16.7 Å². The van der Waals surface area contributed by atoms with E-state index >= 15 is 0 Å². The van der Waals surface area contributed by atoms with Crippen LogP contribution in [0.2, 0.25) is 0 Å². The van der Waals surface area contributed by atoms with Gasteiger partial charge in [-0.3, -0.25) is 14.9 Å². The van der Waals surface area contributed by atoms with Gasteiger partial charge in [-0.05, 0) is 35.2 Å². The van der Waals surface area contributed by atoms with Gasteiger partial charge in [0.15, 0.2) is 5.75 Å². The molecule has 0 aliphatic heterocycles. The van der Waals surface area contributed by atoms with Crippen molar-refractivity contribution in [1.29, 1.82) is 0 Å². The lowest BCUT2D eigenvalue weighted by atomic mass is 10.0. The molecular weight excluding hydrogens is 400 g/mol. The number of nitrogens with zero attached hydrogens (tertiary/aromatic N) is 1. The molecule has 154 valence electrons. The first-order chi connectivity index (χ1) is 14.6. The van der Waals surface area contributed by atoms with Gasteiger partial charge in [0.1, 0.15) is 0 Å². The average molecular weight is 423 g/mol. The molecular formula is C23H22N2O4S. The summed E-state index contributed by atoms with van der Waals surface area (Å²) in [4.78, 5) is 23.1. The van der Waals surface area contributed by atoms with Crippen LogP contribution in [0.3, 0.4) is 0 Å². The first kappa shape index (κ1) is 21.4. The molecule has 0 saturated heterocycles. The molecule has 0 aromatic heterocycles. The number of hydrogen-bond acceptors (Lipinski definition) is 5. The summed E-state index contributed by atoms with van der Waals surface area (Å²) in [7, 11) is 1.40. The molecule has 6 nitrogen and oxygen atoms in total. The van der Waals surface area contributed by atoms with Gasteiger partial charge in [0.2, 0.25) is 5.91 Å². The predicted molar refractivity (Wildman–Crippen MR) is 120 cm³/mol. The highest BCUT2D eigenvalue weighted by molar-refractivity contribution is 7.99. The molecule has 0 aliphatic rings. The lowest BCUT2D eigenvalue weighted by Gasteiger charge is -2.11. The number of nitro groups is 1. The maximum atomic E-state index is 12.4. The molecule has 0 aliphatic carbocycles. The maximum absolute atomic E-state index is 12.4. The van der Waals surface area contributed by atoms with Crippen molar-refractivity contribution in [1.82, 2.24) is 0 Å². The Morgan fingerprint density at radius 3 is 2.50 bits per heavy atom. The summed E-state index contributed by atoms with van der Waals surface area (Å²) in [6.07, 6.45) is 0.736. The fraction of sp³-hybridized carbons (Fsp3) is 0.174. The molecule has 0 fully saturated rings. The predicted octanol–water partition coefficient (Wildman–Crippen LogP) is 5.07. The summed E-state index contributed by atoms with van der Waals surface area (Å²) in [5, 5.41) is 14.1. The first-order valence-electron chi connectivity index (χ1n) is 9.37. The Morgan fingerprint density at radius 1 is 1.03 bits per heavy atom. The van der Waals surface area contributed by atoms with Gasteiger partial charge in [-0.25, -0.2) is 0 Å². The Labute approximate surface area is 179 Å². The Morgan fingerprint density at radius 2 is 1.77 bits per heavy atom. The van der Waals surface area contributed by atoms with Crippen molar-refractivity contribution in [2.45, 2.75) is 12.2 Å². The van der Waals surface area contributed by atoms with Crippen molar-refractivity contribution in [2.24, 2.45) is 0 Å². The van der Waals surface area contributed by atoms with Gasteiger partial charge in [-0.15, -0.1) is 11.8 Å². The number of nitrogens with one attached hydrogen (secondary N) is 1. The first-order valence-corrected chi connectivity index (χ1v) is 10.5. The SMILES string of the molecule is COc1ccc(CSCC(=O)Nc2ccccc2Cc2ccccc2)cc1[N+](=O)[O-]. The van der Waals surface area contributed by atoms with E-state index in [-0.39, 0.29) is 23.1 Å². The van der Waals surface area contributed by atoms with E-state index in [0.29, 0.717) is 5.75 Å². The zero-order valence-electron chi connectivity index (χ0n) is 16.5. The number of thioether (sulfide) groups is 1. The van der Waals surface area contributed by atoms with Crippen LogP contribution in [-0.2, 0) is 17.0 Å². The number of anilines is 1. The molecule has 30 heavy (non-hydrogen) atoms. The highest BCUT2D eigenvalue weighted by Crippen LogP contribution is 2.29. The number of benzene rings is 3. The molecule has 0 unspecified atom stereocenters. The fourth-order valence-electron chi connectivity index (χ4n) is 3.03. The smallest absolute Gasteiger partial charge is 0.311 e. The summed E-state index contributed by atoms with van der Waals surface area (Å²) in [5.74, 6) is 0.855. The average Bonchev–Trinajstić information content (AvgIpc) is 2.75. The van der Waals surface area contributed by atoms with E-state index in [1.807, 2.05) is 42.5 Å². The zero-order chi connectivity index (χ0) is 21.3. The van der Waals surface area contributed by atoms with Gasteiger partial charge in [-0.1, -0.05) is 54.6 Å². The van der Waals surface area contributed by atoms with E-state index in [1.165, 1.54) is 30.5 Å². The van der Waals surface area contributed by atoms with Gasteiger partial charge >= 0.3 is 5.69 Å². The summed E-state index contributed by atoms with van der Waals surface area (Å²) < 4.78 is 5.01. The lowest BCUT2D eigenvalue weighted by Crippen LogP contribution is -2.15. The van der Waals surface area contributed by atoms with Gasteiger partial charge in [0, 0.05) is 17.5 Å². The molecule has 0 radical (unpaired) electrons. The fourth-order valence-corrected chi connectivity index (χ4v) is 3.80. The molecule has 7 heteroatoms. The van der Waals surface area contributed by atoms with Crippen LogP contribution in [0.4, 0.5) is 11.4 Å². The van der Waals surface area contributed by atoms with Crippen molar-refractivity contribution >= 4 is 29.0 Å². The number of para-hydroxylation sites is 1. The van der Waals surface area contributed by atoms with Gasteiger partial charge in [-0.2, -0.15) is 0 Å². The minimum atomic E-state index is -0.469.